The average Bonchev–Trinajstić information content (AvgIpc) is 3.22. The predicted molar refractivity (Wildman–Crippen MR) is 125 cm³/mol. The van der Waals surface area contributed by atoms with Gasteiger partial charge in [-0.1, -0.05) is 24.3 Å². The van der Waals surface area contributed by atoms with E-state index in [4.69, 9.17) is 11.5 Å². The molecule has 0 bridgehead atoms. The van der Waals surface area contributed by atoms with Gasteiger partial charge in [-0.3, -0.25) is 9.80 Å². The first-order valence-electron chi connectivity index (χ1n) is 10.7. The van der Waals surface area contributed by atoms with Crippen LogP contribution < -0.4 is 11.5 Å². The highest BCUT2D eigenvalue weighted by Crippen LogP contribution is 2.39. The normalized spacial score (nSPS) is 31.2. The van der Waals surface area contributed by atoms with Crippen LogP contribution in [-0.2, 0) is 32.8 Å². The molecule has 10 heteroatoms. The molecule has 0 radical (unpaired) electrons. The lowest BCUT2D eigenvalue weighted by Gasteiger charge is -2.51. The zero-order chi connectivity index (χ0) is 22.7. The second-order valence-electron chi connectivity index (χ2n) is 9.25. The first-order chi connectivity index (χ1) is 15.1. The number of benzene rings is 2. The molecule has 3 saturated heterocycles. The van der Waals surface area contributed by atoms with E-state index in [0.29, 0.717) is 24.5 Å². The molecule has 3 aliphatic heterocycles. The van der Waals surface area contributed by atoms with E-state index < -0.39 is 19.7 Å². The first kappa shape index (κ1) is 21.7. The number of nitrogens with zero attached hydrogens (tertiary/aromatic N) is 2. The van der Waals surface area contributed by atoms with Crippen molar-refractivity contribution >= 4 is 31.0 Å². The van der Waals surface area contributed by atoms with Crippen LogP contribution in [0, 0.1) is 0 Å². The summed E-state index contributed by atoms with van der Waals surface area (Å²) in [5.41, 5.74) is 14.9. The monoisotopic (exact) mass is 476 g/mol. The van der Waals surface area contributed by atoms with Crippen LogP contribution in [0.5, 0.6) is 0 Å². The largest absolute Gasteiger partial charge is 0.399 e. The molecule has 3 fully saturated rings. The Morgan fingerprint density at radius 2 is 0.875 bits per heavy atom. The smallest absolute Gasteiger partial charge is 0.153 e. The van der Waals surface area contributed by atoms with Crippen molar-refractivity contribution in [1.82, 2.24) is 9.80 Å². The van der Waals surface area contributed by atoms with E-state index in [9.17, 15) is 16.8 Å². The molecule has 0 saturated carbocycles. The lowest BCUT2D eigenvalue weighted by molar-refractivity contribution is -0.0341. The van der Waals surface area contributed by atoms with Crippen molar-refractivity contribution < 1.29 is 16.8 Å². The van der Waals surface area contributed by atoms with E-state index in [-0.39, 0.29) is 47.2 Å². The van der Waals surface area contributed by atoms with Crippen LogP contribution in [0.1, 0.15) is 11.1 Å². The second kappa shape index (κ2) is 7.72. The summed E-state index contributed by atoms with van der Waals surface area (Å²) in [6.45, 7) is 1.01. The summed E-state index contributed by atoms with van der Waals surface area (Å²) >= 11 is 0. The molecule has 4 N–H and O–H groups in total. The van der Waals surface area contributed by atoms with Crippen LogP contribution in [-0.4, -0.2) is 73.8 Å². The summed E-state index contributed by atoms with van der Waals surface area (Å²) in [6, 6.07) is 14.0. The first-order valence-corrected chi connectivity index (χ1v) is 14.4. The molecule has 0 aromatic heterocycles. The maximum atomic E-state index is 12.7. The van der Waals surface area contributed by atoms with Crippen molar-refractivity contribution in [3.63, 3.8) is 0 Å². The second-order valence-corrected chi connectivity index (χ2v) is 13.6. The maximum absolute atomic E-state index is 12.7. The molecule has 2 aromatic rings. The fourth-order valence-electron chi connectivity index (χ4n) is 5.52. The molecule has 3 heterocycles. The van der Waals surface area contributed by atoms with E-state index in [1.165, 1.54) is 0 Å². The standard InChI is InChI=1S/C22H28N4O4S2/c23-17-5-1-15(2-6-17)9-25-19-11-31(27,28)13-21(19)26(10-16-3-7-18(24)8-4-16)22-14-32(29,30)12-20(22)25/h1-8,19-22H,9-14,23-24H2/t19-,20-,21-,22+/m1/s1. The van der Waals surface area contributed by atoms with Crippen LogP contribution >= 0.6 is 0 Å². The van der Waals surface area contributed by atoms with Gasteiger partial charge in [-0.2, -0.15) is 0 Å². The van der Waals surface area contributed by atoms with Crippen molar-refractivity contribution in [2.45, 2.75) is 37.3 Å². The fraction of sp³-hybridized carbons (Fsp3) is 0.455. The Morgan fingerprint density at radius 3 is 1.16 bits per heavy atom. The lowest BCUT2D eigenvalue weighted by atomic mass is 9.93. The van der Waals surface area contributed by atoms with Gasteiger partial charge in [-0.15, -0.1) is 0 Å². The maximum Gasteiger partial charge on any atom is 0.153 e. The molecule has 0 spiro atoms. The molecule has 3 aliphatic rings. The highest BCUT2D eigenvalue weighted by Gasteiger charge is 2.57. The molecule has 2 aromatic carbocycles. The van der Waals surface area contributed by atoms with Gasteiger partial charge >= 0.3 is 0 Å². The third-order valence-corrected chi connectivity index (χ3v) is 10.4. The summed E-state index contributed by atoms with van der Waals surface area (Å²) in [6.07, 6.45) is 0. The number of anilines is 2. The number of rotatable bonds is 4. The van der Waals surface area contributed by atoms with Gasteiger partial charge in [0.05, 0.1) is 23.0 Å². The molecule has 8 nitrogen and oxygen atoms in total. The highest BCUT2D eigenvalue weighted by atomic mass is 32.2. The van der Waals surface area contributed by atoms with Crippen LogP contribution in [0.2, 0.25) is 0 Å². The van der Waals surface area contributed by atoms with Crippen molar-refractivity contribution in [2.75, 3.05) is 34.5 Å². The van der Waals surface area contributed by atoms with E-state index in [2.05, 4.69) is 9.80 Å². The molecule has 32 heavy (non-hydrogen) atoms. The van der Waals surface area contributed by atoms with Gasteiger partial charge in [0.1, 0.15) is 0 Å². The summed E-state index contributed by atoms with van der Waals surface area (Å²) < 4.78 is 50.9. The van der Waals surface area contributed by atoms with Crippen LogP contribution in [0.4, 0.5) is 11.4 Å². The molecule has 5 rings (SSSR count). The Labute approximate surface area is 189 Å². The summed E-state index contributed by atoms with van der Waals surface area (Å²) in [7, 11) is -6.45. The Morgan fingerprint density at radius 1 is 0.594 bits per heavy atom. The number of fused-ring (bicyclic) bond motifs is 2. The predicted octanol–water partition coefficient (Wildman–Crippen LogP) is 0.500. The van der Waals surface area contributed by atoms with E-state index in [0.717, 1.165) is 11.1 Å². The van der Waals surface area contributed by atoms with E-state index >= 15 is 0 Å². The van der Waals surface area contributed by atoms with Crippen molar-refractivity contribution in [2.24, 2.45) is 0 Å². The number of sulfone groups is 2. The SMILES string of the molecule is Nc1ccc(CN2[C@@H]3CS(=O)(=O)C[C@H]3N(Cc3ccc(N)cc3)[C@H]3CS(=O)(=O)C[C@H]32)cc1. The fourth-order valence-corrected chi connectivity index (χ4v) is 9.52. The minimum atomic E-state index is -3.23. The molecule has 0 unspecified atom stereocenters. The number of hydrogen-bond donors (Lipinski definition) is 2. The van der Waals surface area contributed by atoms with Gasteiger partial charge in [0.25, 0.3) is 0 Å². The zero-order valence-electron chi connectivity index (χ0n) is 17.7. The summed E-state index contributed by atoms with van der Waals surface area (Å²) in [5.74, 6) is 0.199. The highest BCUT2D eigenvalue weighted by molar-refractivity contribution is 7.92. The van der Waals surface area contributed by atoms with Crippen LogP contribution in [0.3, 0.4) is 0 Å². The zero-order valence-corrected chi connectivity index (χ0v) is 19.3. The number of piperazine rings is 1. The van der Waals surface area contributed by atoms with Gasteiger partial charge < -0.3 is 11.5 Å². The van der Waals surface area contributed by atoms with Gasteiger partial charge in [-0.05, 0) is 35.4 Å². The van der Waals surface area contributed by atoms with Gasteiger partial charge in [0, 0.05) is 48.6 Å². The van der Waals surface area contributed by atoms with Crippen LogP contribution in [0.25, 0.3) is 0 Å². The number of nitrogens with two attached hydrogens (primary N) is 2. The minimum absolute atomic E-state index is 0.0497. The Balaban J connectivity index is 1.53. The van der Waals surface area contributed by atoms with Crippen molar-refractivity contribution in [1.29, 1.82) is 0 Å². The summed E-state index contributed by atoms with van der Waals surface area (Å²) in [5, 5.41) is 0. The van der Waals surface area contributed by atoms with Crippen LogP contribution in [0.15, 0.2) is 48.5 Å². The summed E-state index contributed by atoms with van der Waals surface area (Å²) in [4.78, 5) is 4.27. The van der Waals surface area contributed by atoms with Gasteiger partial charge in [0.2, 0.25) is 0 Å². The Kier molecular flexibility index (Phi) is 5.23. The Bertz CT molecular complexity index is 1080. The third-order valence-electron chi connectivity index (χ3n) is 6.98. The van der Waals surface area contributed by atoms with E-state index in [1.54, 1.807) is 0 Å². The molecule has 172 valence electrons. The number of hydrogen-bond acceptors (Lipinski definition) is 8. The molecule has 0 aliphatic carbocycles. The lowest BCUT2D eigenvalue weighted by Crippen LogP contribution is -2.67. The van der Waals surface area contributed by atoms with Crippen molar-refractivity contribution in [3.8, 4) is 0 Å². The van der Waals surface area contributed by atoms with Gasteiger partial charge in [0.15, 0.2) is 19.7 Å². The van der Waals surface area contributed by atoms with E-state index in [1.807, 2.05) is 48.5 Å². The molecule has 4 atom stereocenters. The molecule has 0 amide bonds. The topological polar surface area (TPSA) is 127 Å². The third kappa shape index (κ3) is 4.12. The molecular formula is C22H28N4O4S2. The Hall–Kier alpha value is -2.14. The van der Waals surface area contributed by atoms with Gasteiger partial charge in [-0.25, -0.2) is 16.8 Å². The average molecular weight is 477 g/mol. The quantitative estimate of drug-likeness (QED) is 0.611. The minimum Gasteiger partial charge on any atom is -0.399 e. The molecular weight excluding hydrogens is 448 g/mol. The van der Waals surface area contributed by atoms with Crippen molar-refractivity contribution in [3.05, 3.63) is 59.7 Å². The number of nitrogen functional groups attached to an aromatic ring is 2.